The van der Waals surface area contributed by atoms with Gasteiger partial charge in [-0.3, -0.25) is 15.1 Å². The van der Waals surface area contributed by atoms with Crippen LogP contribution in [0.15, 0.2) is 24.5 Å². The summed E-state index contributed by atoms with van der Waals surface area (Å²) in [5, 5.41) is 10.1. The van der Waals surface area contributed by atoms with Crippen LogP contribution in [0.25, 0.3) is 0 Å². The fraction of sp³-hybridized carbons (Fsp3) is 0. The molecule has 0 unspecified atom stereocenters. The van der Waals surface area contributed by atoms with Crippen molar-refractivity contribution in [1.29, 1.82) is 5.26 Å². The van der Waals surface area contributed by atoms with E-state index in [-0.39, 0.29) is 0 Å². The average Bonchev–Trinajstić information content (AvgIpc) is 2.07. The van der Waals surface area contributed by atoms with Gasteiger partial charge < -0.3 is 0 Å². The maximum Gasteiger partial charge on any atom is 0.265 e. The van der Waals surface area contributed by atoms with Gasteiger partial charge in [0.25, 0.3) is 5.91 Å². The molecule has 0 aliphatic carbocycles. The van der Waals surface area contributed by atoms with Gasteiger partial charge in [-0.15, -0.1) is 0 Å². The standard InChI is InChI=1S/C7H5N3O/c8-5-10-7(11)6-2-1-3-9-4-6/h1-4H,(H,10,11). The lowest BCUT2D eigenvalue weighted by Gasteiger charge is -1.93. The summed E-state index contributed by atoms with van der Waals surface area (Å²) in [6.07, 6.45) is 4.49. The van der Waals surface area contributed by atoms with Crippen molar-refractivity contribution in [1.82, 2.24) is 10.3 Å². The number of pyridine rings is 1. The van der Waals surface area contributed by atoms with Gasteiger partial charge in [0.05, 0.1) is 5.56 Å². The van der Waals surface area contributed by atoms with Crippen molar-refractivity contribution < 1.29 is 4.79 Å². The van der Waals surface area contributed by atoms with Gasteiger partial charge in [-0.05, 0) is 12.1 Å². The fourth-order valence-electron chi connectivity index (χ4n) is 0.620. The number of hydrogen-bond acceptors (Lipinski definition) is 3. The van der Waals surface area contributed by atoms with Crippen molar-refractivity contribution in [3.63, 3.8) is 0 Å². The van der Waals surface area contributed by atoms with Gasteiger partial charge >= 0.3 is 0 Å². The van der Waals surface area contributed by atoms with Crippen molar-refractivity contribution >= 4 is 5.91 Å². The van der Waals surface area contributed by atoms with E-state index in [9.17, 15) is 4.79 Å². The molecule has 0 atom stereocenters. The number of amides is 1. The Balaban J connectivity index is 2.79. The van der Waals surface area contributed by atoms with E-state index < -0.39 is 5.91 Å². The molecular formula is C7H5N3O. The zero-order chi connectivity index (χ0) is 8.10. The van der Waals surface area contributed by atoms with Crippen molar-refractivity contribution in [3.05, 3.63) is 30.1 Å². The zero-order valence-corrected chi connectivity index (χ0v) is 5.61. The molecule has 54 valence electrons. The number of rotatable bonds is 1. The third-order valence-electron chi connectivity index (χ3n) is 1.09. The van der Waals surface area contributed by atoms with Crippen molar-refractivity contribution in [2.24, 2.45) is 0 Å². The lowest BCUT2D eigenvalue weighted by Crippen LogP contribution is -2.17. The molecule has 1 N–H and O–H groups in total. The summed E-state index contributed by atoms with van der Waals surface area (Å²) < 4.78 is 0. The Kier molecular flexibility index (Phi) is 2.18. The summed E-state index contributed by atoms with van der Waals surface area (Å²) in [7, 11) is 0. The van der Waals surface area contributed by atoms with E-state index in [0.29, 0.717) is 5.56 Å². The van der Waals surface area contributed by atoms with Crippen LogP contribution in [-0.2, 0) is 0 Å². The Morgan fingerprint density at radius 2 is 2.55 bits per heavy atom. The van der Waals surface area contributed by atoms with Crippen molar-refractivity contribution in [2.75, 3.05) is 0 Å². The molecular weight excluding hydrogens is 142 g/mol. The molecule has 0 saturated carbocycles. The highest BCUT2D eigenvalue weighted by atomic mass is 16.1. The average molecular weight is 147 g/mol. The Morgan fingerprint density at radius 3 is 3.09 bits per heavy atom. The van der Waals surface area contributed by atoms with Crippen LogP contribution >= 0.6 is 0 Å². The number of aromatic nitrogens is 1. The Bertz CT molecular complexity index is 288. The van der Waals surface area contributed by atoms with Gasteiger partial charge in [0.2, 0.25) is 0 Å². The van der Waals surface area contributed by atoms with E-state index in [0.717, 1.165) is 0 Å². The number of hydrogen-bond donors (Lipinski definition) is 1. The molecule has 4 heteroatoms. The molecule has 1 aromatic heterocycles. The Morgan fingerprint density at radius 1 is 1.73 bits per heavy atom. The van der Waals surface area contributed by atoms with Gasteiger partial charge in [-0.1, -0.05) is 0 Å². The fourth-order valence-corrected chi connectivity index (χ4v) is 0.620. The first-order chi connectivity index (χ1) is 5.34. The number of nitriles is 1. The lowest BCUT2D eigenvalue weighted by molar-refractivity contribution is 0.0972. The molecule has 0 saturated heterocycles. The normalized spacial score (nSPS) is 8.27. The second-order valence-electron chi connectivity index (χ2n) is 1.81. The molecule has 0 fully saturated rings. The van der Waals surface area contributed by atoms with E-state index in [4.69, 9.17) is 5.26 Å². The van der Waals surface area contributed by atoms with Crippen LogP contribution in [0.5, 0.6) is 0 Å². The largest absolute Gasteiger partial charge is 0.268 e. The number of carbonyl (C=O) groups excluding carboxylic acids is 1. The minimum atomic E-state index is -0.430. The van der Waals surface area contributed by atoms with E-state index >= 15 is 0 Å². The molecule has 4 nitrogen and oxygen atoms in total. The van der Waals surface area contributed by atoms with Crippen LogP contribution in [0.3, 0.4) is 0 Å². The molecule has 0 aliphatic heterocycles. The van der Waals surface area contributed by atoms with Crippen LogP contribution in [-0.4, -0.2) is 10.9 Å². The molecule has 0 radical (unpaired) electrons. The Hall–Kier alpha value is -1.89. The molecule has 11 heavy (non-hydrogen) atoms. The molecule has 1 aromatic rings. The molecule has 1 amide bonds. The third kappa shape index (κ3) is 1.76. The summed E-state index contributed by atoms with van der Waals surface area (Å²) in [6.45, 7) is 0. The number of nitrogens with zero attached hydrogens (tertiary/aromatic N) is 2. The molecule has 0 spiro atoms. The number of nitrogens with one attached hydrogen (secondary N) is 1. The summed E-state index contributed by atoms with van der Waals surface area (Å²) in [5.74, 6) is -0.430. The zero-order valence-electron chi connectivity index (χ0n) is 5.61. The van der Waals surface area contributed by atoms with E-state index in [2.05, 4.69) is 4.98 Å². The highest BCUT2D eigenvalue weighted by Gasteiger charge is 2.01. The molecule has 1 rings (SSSR count). The van der Waals surface area contributed by atoms with Crippen molar-refractivity contribution in [3.8, 4) is 6.19 Å². The summed E-state index contributed by atoms with van der Waals surface area (Å²) in [5.41, 5.74) is 0.383. The van der Waals surface area contributed by atoms with Crippen LogP contribution in [0.4, 0.5) is 0 Å². The monoisotopic (exact) mass is 147 g/mol. The molecule has 0 bridgehead atoms. The van der Waals surface area contributed by atoms with Crippen LogP contribution in [0.1, 0.15) is 10.4 Å². The van der Waals surface area contributed by atoms with Gasteiger partial charge in [0, 0.05) is 12.4 Å². The minimum absolute atomic E-state index is 0.383. The lowest BCUT2D eigenvalue weighted by atomic mass is 10.3. The predicted molar refractivity (Wildman–Crippen MR) is 37.3 cm³/mol. The summed E-state index contributed by atoms with van der Waals surface area (Å²) in [6, 6.07) is 3.21. The first kappa shape index (κ1) is 7.22. The van der Waals surface area contributed by atoms with Gasteiger partial charge in [-0.2, -0.15) is 5.26 Å². The van der Waals surface area contributed by atoms with Gasteiger partial charge in [0.1, 0.15) is 0 Å². The minimum Gasteiger partial charge on any atom is -0.268 e. The SMILES string of the molecule is N#CNC(=O)c1cccnc1. The smallest absolute Gasteiger partial charge is 0.265 e. The second-order valence-corrected chi connectivity index (χ2v) is 1.81. The first-order valence-corrected chi connectivity index (χ1v) is 2.94. The van der Waals surface area contributed by atoms with Gasteiger partial charge in [0.15, 0.2) is 6.19 Å². The second kappa shape index (κ2) is 3.32. The summed E-state index contributed by atoms with van der Waals surface area (Å²) in [4.78, 5) is 14.6. The number of carbonyl (C=O) groups is 1. The Labute approximate surface area is 63.5 Å². The van der Waals surface area contributed by atoms with E-state index in [1.807, 2.05) is 5.32 Å². The van der Waals surface area contributed by atoms with E-state index in [1.165, 1.54) is 12.4 Å². The quantitative estimate of drug-likeness (QED) is 0.458. The topological polar surface area (TPSA) is 65.8 Å². The van der Waals surface area contributed by atoms with Crippen LogP contribution in [0.2, 0.25) is 0 Å². The van der Waals surface area contributed by atoms with Crippen LogP contribution in [0, 0.1) is 11.5 Å². The predicted octanol–water partition coefficient (Wildman–Crippen LogP) is 0.292. The van der Waals surface area contributed by atoms with Crippen LogP contribution < -0.4 is 5.32 Å². The third-order valence-corrected chi connectivity index (χ3v) is 1.09. The molecule has 0 aliphatic rings. The molecule has 1 heterocycles. The van der Waals surface area contributed by atoms with E-state index in [1.54, 1.807) is 18.3 Å². The molecule has 0 aromatic carbocycles. The highest BCUT2D eigenvalue weighted by Crippen LogP contribution is 1.93. The first-order valence-electron chi connectivity index (χ1n) is 2.94. The summed E-state index contributed by atoms with van der Waals surface area (Å²) >= 11 is 0. The maximum absolute atomic E-state index is 10.9. The van der Waals surface area contributed by atoms with Gasteiger partial charge in [-0.25, -0.2) is 0 Å². The maximum atomic E-state index is 10.9. The van der Waals surface area contributed by atoms with Crippen molar-refractivity contribution in [2.45, 2.75) is 0 Å². The highest BCUT2D eigenvalue weighted by molar-refractivity contribution is 5.94.